The van der Waals surface area contributed by atoms with Gasteiger partial charge in [0.2, 0.25) is 0 Å². The third-order valence-corrected chi connectivity index (χ3v) is 9.83. The fourth-order valence-corrected chi connectivity index (χ4v) is 7.75. The maximum Gasteiger partial charge on any atom is 0.317 e. The minimum absolute atomic E-state index is 0.0278. The van der Waals surface area contributed by atoms with E-state index in [4.69, 9.17) is 4.74 Å². The maximum absolute atomic E-state index is 13.5. The van der Waals surface area contributed by atoms with Crippen molar-refractivity contribution in [3.63, 3.8) is 0 Å². The standard InChI is InChI=1S/C29H38O4/c1-4-5-6-7-16-33-26(32)21-18-19-17-20(30)8-14-28(19,3)22-10-15-29-23(25(21)22)9-12-27(29,2)13-11-24(29)31/h9,18,21H,4-8,10-17H2,1-3H3/t21-,27+,28?,29?/m1/s1. The average Bonchev–Trinajstić information content (AvgIpc) is 3.23. The Morgan fingerprint density at radius 3 is 2.67 bits per heavy atom. The number of ketones is 2. The smallest absolute Gasteiger partial charge is 0.317 e. The molecule has 0 heterocycles. The van der Waals surface area contributed by atoms with Crippen molar-refractivity contribution >= 4 is 17.5 Å². The lowest BCUT2D eigenvalue weighted by atomic mass is 9.51. The Hall–Kier alpha value is -1.97. The number of allylic oxidation sites excluding steroid dienone is 4. The Morgan fingerprint density at radius 2 is 1.88 bits per heavy atom. The maximum atomic E-state index is 13.5. The van der Waals surface area contributed by atoms with Gasteiger partial charge in [-0.25, -0.2) is 0 Å². The molecule has 5 aliphatic carbocycles. The SMILES string of the molecule is CCCCCCOC(=O)[C@@H]1C=C2CC(=O)CCC2(C)C2=C1C1=CC[C@@]3(C)CCC(=O)C13CC2. The first-order chi connectivity index (χ1) is 15.8. The van der Waals surface area contributed by atoms with Gasteiger partial charge in [0.1, 0.15) is 17.5 Å². The largest absolute Gasteiger partial charge is 0.465 e. The highest BCUT2D eigenvalue weighted by Crippen LogP contribution is 2.70. The Labute approximate surface area is 197 Å². The lowest BCUT2D eigenvalue weighted by Gasteiger charge is -2.51. The molecule has 5 rings (SSSR count). The quantitative estimate of drug-likeness (QED) is 0.274. The predicted octanol–water partition coefficient (Wildman–Crippen LogP) is 6.20. The molecule has 0 bridgehead atoms. The van der Waals surface area contributed by atoms with E-state index in [0.29, 0.717) is 31.7 Å². The lowest BCUT2D eigenvalue weighted by Crippen LogP contribution is -2.46. The first kappa shape index (κ1) is 22.8. The topological polar surface area (TPSA) is 60.4 Å². The van der Waals surface area contributed by atoms with Crippen molar-refractivity contribution < 1.29 is 19.1 Å². The summed E-state index contributed by atoms with van der Waals surface area (Å²) in [5, 5.41) is 0. The fourth-order valence-electron chi connectivity index (χ4n) is 7.75. The zero-order valence-corrected chi connectivity index (χ0v) is 20.6. The molecule has 33 heavy (non-hydrogen) atoms. The summed E-state index contributed by atoms with van der Waals surface area (Å²) in [6.07, 6.45) is 14.6. The van der Waals surface area contributed by atoms with Crippen molar-refractivity contribution in [3.8, 4) is 0 Å². The molecule has 0 aromatic carbocycles. The molecule has 4 heteroatoms. The second-order valence-electron chi connectivity index (χ2n) is 11.5. The fraction of sp³-hybridized carbons (Fsp3) is 0.690. The number of ether oxygens (including phenoxy) is 1. The molecule has 2 saturated carbocycles. The Bertz CT molecular complexity index is 997. The Balaban J connectivity index is 1.54. The van der Waals surface area contributed by atoms with Gasteiger partial charge in [-0.2, -0.15) is 0 Å². The second-order valence-corrected chi connectivity index (χ2v) is 11.5. The zero-order valence-electron chi connectivity index (χ0n) is 20.6. The average molecular weight is 451 g/mol. The van der Waals surface area contributed by atoms with Crippen LogP contribution in [0.5, 0.6) is 0 Å². The lowest BCUT2D eigenvalue weighted by molar-refractivity contribution is -0.146. The number of rotatable bonds is 6. The van der Waals surface area contributed by atoms with E-state index in [-0.39, 0.29) is 22.6 Å². The van der Waals surface area contributed by atoms with Crippen LogP contribution in [0.4, 0.5) is 0 Å². The number of hydrogen-bond acceptors (Lipinski definition) is 4. The summed E-state index contributed by atoms with van der Waals surface area (Å²) >= 11 is 0. The van der Waals surface area contributed by atoms with E-state index in [1.54, 1.807) is 0 Å². The van der Waals surface area contributed by atoms with Crippen LogP contribution >= 0.6 is 0 Å². The van der Waals surface area contributed by atoms with Crippen molar-refractivity contribution in [2.75, 3.05) is 6.61 Å². The third-order valence-electron chi connectivity index (χ3n) is 9.83. The van der Waals surface area contributed by atoms with Gasteiger partial charge in [-0.05, 0) is 55.1 Å². The Kier molecular flexibility index (Phi) is 5.57. The molecule has 178 valence electrons. The summed E-state index contributed by atoms with van der Waals surface area (Å²) in [5.41, 5.74) is 3.98. The molecule has 2 fully saturated rings. The summed E-state index contributed by atoms with van der Waals surface area (Å²) in [5.74, 6) is -0.0611. The molecule has 0 N–H and O–H groups in total. The van der Waals surface area contributed by atoms with Crippen LogP contribution in [0.2, 0.25) is 0 Å². The minimum Gasteiger partial charge on any atom is -0.465 e. The van der Waals surface area contributed by atoms with Gasteiger partial charge in [-0.1, -0.05) is 63.3 Å². The van der Waals surface area contributed by atoms with Crippen LogP contribution in [-0.2, 0) is 19.1 Å². The molecule has 2 unspecified atom stereocenters. The number of fused-ring (bicyclic) bond motifs is 3. The number of esters is 1. The number of carbonyl (C=O) groups is 3. The van der Waals surface area contributed by atoms with Crippen LogP contribution in [0.15, 0.2) is 34.4 Å². The van der Waals surface area contributed by atoms with Gasteiger partial charge in [-0.15, -0.1) is 0 Å². The van der Waals surface area contributed by atoms with Gasteiger partial charge in [0.15, 0.2) is 0 Å². The summed E-state index contributed by atoms with van der Waals surface area (Å²) in [7, 11) is 0. The van der Waals surface area contributed by atoms with Gasteiger partial charge in [0.25, 0.3) is 0 Å². The highest BCUT2D eigenvalue weighted by atomic mass is 16.5. The van der Waals surface area contributed by atoms with Crippen LogP contribution < -0.4 is 0 Å². The summed E-state index contributed by atoms with van der Waals surface area (Å²) in [6, 6.07) is 0. The molecule has 0 aromatic rings. The number of carbonyl (C=O) groups excluding carboxylic acids is 3. The molecule has 0 aromatic heterocycles. The van der Waals surface area contributed by atoms with E-state index >= 15 is 0 Å². The molecule has 5 aliphatic rings. The predicted molar refractivity (Wildman–Crippen MR) is 127 cm³/mol. The zero-order chi connectivity index (χ0) is 23.4. The number of Topliss-reactive ketones (excluding diaryl/α,β-unsaturated/α-hetero) is 2. The van der Waals surface area contributed by atoms with Crippen molar-refractivity contribution in [2.45, 2.75) is 97.8 Å². The van der Waals surface area contributed by atoms with E-state index in [2.05, 4.69) is 32.9 Å². The molecule has 0 radical (unpaired) electrons. The second kappa shape index (κ2) is 8.06. The van der Waals surface area contributed by atoms with Crippen molar-refractivity contribution in [2.24, 2.45) is 22.2 Å². The van der Waals surface area contributed by atoms with E-state index < -0.39 is 11.3 Å². The molecular weight excluding hydrogens is 412 g/mol. The highest BCUT2D eigenvalue weighted by Gasteiger charge is 2.65. The molecule has 0 amide bonds. The van der Waals surface area contributed by atoms with Crippen LogP contribution in [0, 0.1) is 22.2 Å². The van der Waals surface area contributed by atoms with Gasteiger partial charge in [0, 0.05) is 24.7 Å². The first-order valence-electron chi connectivity index (χ1n) is 13.1. The minimum atomic E-state index is -0.487. The summed E-state index contributed by atoms with van der Waals surface area (Å²) < 4.78 is 5.81. The highest BCUT2D eigenvalue weighted by molar-refractivity contribution is 5.96. The third kappa shape index (κ3) is 3.19. The summed E-state index contributed by atoms with van der Waals surface area (Å²) in [4.78, 5) is 39.3. The first-order valence-corrected chi connectivity index (χ1v) is 13.1. The van der Waals surface area contributed by atoms with Gasteiger partial charge < -0.3 is 4.74 Å². The molecule has 0 aliphatic heterocycles. The summed E-state index contributed by atoms with van der Waals surface area (Å²) in [6.45, 7) is 7.15. The van der Waals surface area contributed by atoms with Crippen molar-refractivity contribution in [3.05, 3.63) is 34.4 Å². The number of hydrogen-bond donors (Lipinski definition) is 0. The van der Waals surface area contributed by atoms with Crippen LogP contribution in [0.1, 0.15) is 97.8 Å². The van der Waals surface area contributed by atoms with Gasteiger partial charge in [-0.3, -0.25) is 14.4 Å². The van der Waals surface area contributed by atoms with Gasteiger partial charge >= 0.3 is 5.97 Å². The Morgan fingerprint density at radius 1 is 1.06 bits per heavy atom. The van der Waals surface area contributed by atoms with Crippen molar-refractivity contribution in [1.82, 2.24) is 0 Å². The van der Waals surface area contributed by atoms with Crippen LogP contribution in [0.25, 0.3) is 0 Å². The van der Waals surface area contributed by atoms with Crippen molar-refractivity contribution in [1.29, 1.82) is 0 Å². The van der Waals surface area contributed by atoms with E-state index in [9.17, 15) is 14.4 Å². The molecule has 4 nitrogen and oxygen atoms in total. The molecular formula is C29H38O4. The van der Waals surface area contributed by atoms with E-state index in [1.165, 1.54) is 5.57 Å². The molecule has 0 saturated heterocycles. The molecule has 1 spiro atoms. The number of unbranched alkanes of at least 4 members (excludes halogenated alkanes) is 3. The van der Waals surface area contributed by atoms with E-state index in [0.717, 1.165) is 74.5 Å². The molecule has 4 atom stereocenters. The van der Waals surface area contributed by atoms with E-state index in [1.807, 2.05) is 0 Å². The van der Waals surface area contributed by atoms with Crippen LogP contribution in [-0.4, -0.2) is 24.1 Å². The normalized spacial score (nSPS) is 37.1. The van der Waals surface area contributed by atoms with Gasteiger partial charge in [0.05, 0.1) is 12.0 Å². The monoisotopic (exact) mass is 450 g/mol. The van der Waals surface area contributed by atoms with Crippen LogP contribution in [0.3, 0.4) is 0 Å².